The third-order valence-electron chi connectivity index (χ3n) is 4.88. The highest BCUT2D eigenvalue weighted by Gasteiger charge is 2.29. The van der Waals surface area contributed by atoms with E-state index in [0.29, 0.717) is 11.8 Å². The molecule has 0 aliphatic heterocycles. The minimum atomic E-state index is 0.451. The SMILES string of the molecule is CCC(CCN)C1C/C(=C\C(Br)=C/N)CCc2cc(Cl)cc(Br)c21. The average molecular weight is 477 g/mol. The molecule has 0 fully saturated rings. The molecule has 0 amide bonds. The van der Waals surface area contributed by atoms with Crippen molar-refractivity contribution in [3.63, 3.8) is 0 Å². The van der Waals surface area contributed by atoms with Gasteiger partial charge in [0.25, 0.3) is 0 Å². The number of halogens is 3. The Morgan fingerprint density at radius 2 is 2.17 bits per heavy atom. The highest BCUT2D eigenvalue weighted by Crippen LogP contribution is 2.45. The Labute approximate surface area is 167 Å². The molecule has 132 valence electrons. The van der Waals surface area contributed by atoms with Crippen molar-refractivity contribution in [2.24, 2.45) is 17.4 Å². The second-order valence-electron chi connectivity index (χ2n) is 6.37. The van der Waals surface area contributed by atoms with E-state index in [9.17, 15) is 0 Å². The first kappa shape index (κ1) is 20.0. The number of hydrogen-bond donors (Lipinski definition) is 2. The second kappa shape index (κ2) is 9.42. The summed E-state index contributed by atoms with van der Waals surface area (Å²) < 4.78 is 2.06. The predicted octanol–water partition coefficient (Wildman–Crippen LogP) is 6.02. The van der Waals surface area contributed by atoms with Crippen LogP contribution < -0.4 is 11.5 Å². The van der Waals surface area contributed by atoms with Gasteiger partial charge in [0.15, 0.2) is 0 Å². The fraction of sp³-hybridized carbons (Fsp3) is 0.474. The lowest BCUT2D eigenvalue weighted by molar-refractivity contribution is 0.384. The van der Waals surface area contributed by atoms with Crippen molar-refractivity contribution in [2.45, 2.75) is 44.9 Å². The number of nitrogens with two attached hydrogens (primary N) is 2. The maximum Gasteiger partial charge on any atom is 0.0420 e. The Kier molecular flexibility index (Phi) is 7.86. The predicted molar refractivity (Wildman–Crippen MR) is 112 cm³/mol. The molecule has 0 aromatic heterocycles. The summed E-state index contributed by atoms with van der Waals surface area (Å²) in [6.45, 7) is 2.98. The minimum absolute atomic E-state index is 0.451. The zero-order chi connectivity index (χ0) is 17.7. The summed E-state index contributed by atoms with van der Waals surface area (Å²) in [6, 6.07) is 4.15. The standard InChI is InChI=1S/C19H25Br2ClN2/c1-2-13(5-6-23)17-8-12(7-15(20)11-24)3-4-14-9-16(22)10-18(21)19(14)17/h7,9-11,13,17H,2-6,8,23-24H2,1H3/b12-7-,15-11+. The van der Waals surface area contributed by atoms with Crippen molar-refractivity contribution in [2.75, 3.05) is 6.54 Å². The van der Waals surface area contributed by atoms with Crippen LogP contribution in [-0.2, 0) is 6.42 Å². The van der Waals surface area contributed by atoms with Gasteiger partial charge in [-0.1, -0.05) is 46.4 Å². The molecule has 1 aromatic rings. The summed E-state index contributed by atoms with van der Waals surface area (Å²) in [6.07, 6.45) is 9.00. The van der Waals surface area contributed by atoms with Crippen LogP contribution in [0.2, 0.25) is 5.02 Å². The van der Waals surface area contributed by atoms with Gasteiger partial charge in [0, 0.05) is 20.2 Å². The molecular formula is C19H25Br2ClN2. The number of fused-ring (bicyclic) bond motifs is 1. The van der Waals surface area contributed by atoms with E-state index in [4.69, 9.17) is 23.1 Å². The van der Waals surface area contributed by atoms with Crippen molar-refractivity contribution in [3.8, 4) is 0 Å². The van der Waals surface area contributed by atoms with Gasteiger partial charge in [0.05, 0.1) is 0 Å². The molecule has 5 heteroatoms. The molecule has 1 aliphatic rings. The van der Waals surface area contributed by atoms with Crippen LogP contribution in [0.1, 0.15) is 49.7 Å². The van der Waals surface area contributed by atoms with Crippen LogP contribution in [0.15, 0.2) is 38.9 Å². The topological polar surface area (TPSA) is 52.0 Å². The first-order valence-electron chi connectivity index (χ1n) is 8.44. The van der Waals surface area contributed by atoms with Gasteiger partial charge in [-0.05, 0) is 89.3 Å². The number of allylic oxidation sites excluding steroid dienone is 3. The average Bonchev–Trinajstić information content (AvgIpc) is 2.72. The number of hydrogen-bond acceptors (Lipinski definition) is 2. The van der Waals surface area contributed by atoms with Gasteiger partial charge in [-0.25, -0.2) is 0 Å². The molecule has 2 unspecified atom stereocenters. The Bertz CT molecular complexity index is 640. The van der Waals surface area contributed by atoms with Gasteiger partial charge in [-0.15, -0.1) is 0 Å². The van der Waals surface area contributed by atoms with Crippen molar-refractivity contribution in [1.82, 2.24) is 0 Å². The molecule has 1 aliphatic carbocycles. The summed E-state index contributed by atoms with van der Waals surface area (Å²) in [4.78, 5) is 0. The summed E-state index contributed by atoms with van der Waals surface area (Å²) in [5, 5.41) is 0.793. The van der Waals surface area contributed by atoms with Crippen LogP contribution >= 0.6 is 43.5 Å². The third-order valence-corrected chi connectivity index (χ3v) is 6.25. The zero-order valence-corrected chi connectivity index (χ0v) is 17.9. The molecule has 0 bridgehead atoms. The van der Waals surface area contributed by atoms with Crippen LogP contribution in [0.3, 0.4) is 0 Å². The highest BCUT2D eigenvalue weighted by atomic mass is 79.9. The fourth-order valence-electron chi connectivity index (χ4n) is 3.72. The maximum absolute atomic E-state index is 6.30. The van der Waals surface area contributed by atoms with Crippen LogP contribution in [0.5, 0.6) is 0 Å². The Morgan fingerprint density at radius 1 is 1.42 bits per heavy atom. The van der Waals surface area contributed by atoms with Crippen LogP contribution in [0, 0.1) is 5.92 Å². The van der Waals surface area contributed by atoms with Crippen molar-refractivity contribution in [1.29, 1.82) is 0 Å². The van der Waals surface area contributed by atoms with E-state index in [1.807, 2.05) is 6.07 Å². The van der Waals surface area contributed by atoms with Crippen LogP contribution in [-0.4, -0.2) is 6.54 Å². The molecule has 0 radical (unpaired) electrons. The van der Waals surface area contributed by atoms with Gasteiger partial charge in [0.1, 0.15) is 0 Å². The minimum Gasteiger partial charge on any atom is -0.404 e. The van der Waals surface area contributed by atoms with Gasteiger partial charge in [0.2, 0.25) is 0 Å². The fourth-order valence-corrected chi connectivity index (χ4v) is 5.21. The van der Waals surface area contributed by atoms with Crippen LogP contribution in [0.4, 0.5) is 0 Å². The van der Waals surface area contributed by atoms with E-state index in [1.54, 1.807) is 6.20 Å². The van der Waals surface area contributed by atoms with Crippen molar-refractivity contribution >= 4 is 43.5 Å². The molecule has 1 aromatic carbocycles. The van der Waals surface area contributed by atoms with Crippen LogP contribution in [0.25, 0.3) is 0 Å². The molecular weight excluding hydrogens is 451 g/mol. The largest absolute Gasteiger partial charge is 0.404 e. The normalized spacial score (nSPS) is 21.5. The van der Waals surface area contributed by atoms with E-state index in [2.05, 4.69) is 50.9 Å². The highest BCUT2D eigenvalue weighted by molar-refractivity contribution is 9.12. The molecule has 0 saturated heterocycles. The second-order valence-corrected chi connectivity index (χ2v) is 8.58. The van der Waals surface area contributed by atoms with E-state index < -0.39 is 0 Å². The lowest BCUT2D eigenvalue weighted by atomic mass is 9.78. The van der Waals surface area contributed by atoms with Gasteiger partial charge in [-0.2, -0.15) is 0 Å². The van der Waals surface area contributed by atoms with Gasteiger partial charge < -0.3 is 11.5 Å². The summed E-state index contributed by atoms with van der Waals surface area (Å²) >= 11 is 13.6. The number of aryl methyl sites for hydroxylation is 1. The van der Waals surface area contributed by atoms with Crippen molar-refractivity contribution in [3.05, 3.63) is 55.1 Å². The molecule has 0 spiro atoms. The number of benzene rings is 1. The molecule has 2 nitrogen and oxygen atoms in total. The van der Waals surface area contributed by atoms with Gasteiger partial charge >= 0.3 is 0 Å². The molecule has 24 heavy (non-hydrogen) atoms. The molecule has 2 atom stereocenters. The maximum atomic E-state index is 6.30. The monoisotopic (exact) mass is 474 g/mol. The van der Waals surface area contributed by atoms with Gasteiger partial charge in [-0.3, -0.25) is 0 Å². The lowest BCUT2D eigenvalue weighted by Crippen LogP contribution is -2.18. The summed E-state index contributed by atoms with van der Waals surface area (Å²) in [5.41, 5.74) is 15.7. The quantitative estimate of drug-likeness (QED) is 0.511. The third kappa shape index (κ3) is 4.87. The number of rotatable bonds is 5. The van der Waals surface area contributed by atoms with Crippen molar-refractivity contribution < 1.29 is 0 Å². The zero-order valence-electron chi connectivity index (χ0n) is 14.0. The van der Waals surface area contributed by atoms with E-state index in [0.717, 1.165) is 52.6 Å². The molecule has 0 saturated carbocycles. The molecule has 4 N–H and O–H groups in total. The van der Waals surface area contributed by atoms with E-state index in [1.165, 1.54) is 16.7 Å². The van der Waals surface area contributed by atoms with E-state index >= 15 is 0 Å². The first-order chi connectivity index (χ1) is 11.5. The molecule has 0 heterocycles. The first-order valence-corrected chi connectivity index (χ1v) is 10.4. The summed E-state index contributed by atoms with van der Waals surface area (Å²) in [7, 11) is 0. The Balaban J connectivity index is 2.51. The molecule has 2 rings (SSSR count). The Morgan fingerprint density at radius 3 is 2.79 bits per heavy atom. The Hall–Kier alpha value is -0.290. The summed E-state index contributed by atoms with van der Waals surface area (Å²) in [5.74, 6) is 1.01. The van der Waals surface area contributed by atoms with E-state index in [-0.39, 0.29) is 0 Å². The lowest BCUT2D eigenvalue weighted by Gasteiger charge is -2.28. The smallest absolute Gasteiger partial charge is 0.0420 e.